The van der Waals surface area contributed by atoms with Gasteiger partial charge in [0, 0.05) is 31.2 Å². The van der Waals surface area contributed by atoms with Crippen LogP contribution >= 0.6 is 0 Å². The summed E-state index contributed by atoms with van der Waals surface area (Å²) in [6, 6.07) is 1.36. The quantitative estimate of drug-likeness (QED) is 0.597. The first-order valence-electron chi connectivity index (χ1n) is 7.64. The lowest BCUT2D eigenvalue weighted by atomic mass is 10.2. The number of nitrogens with one attached hydrogen (secondary N) is 2. The largest absolute Gasteiger partial charge is 0.353 e. The van der Waals surface area contributed by atoms with E-state index in [1.807, 2.05) is 0 Å². The number of hydrogen-bond donors (Lipinski definition) is 2. The molecule has 0 aliphatic heterocycles. The number of nitrogens with zero attached hydrogens (tertiary/aromatic N) is 1. The zero-order chi connectivity index (χ0) is 14.8. The molecule has 0 aromatic heterocycles. The third-order valence-electron chi connectivity index (χ3n) is 3.29. The van der Waals surface area contributed by atoms with E-state index in [0.29, 0.717) is 18.6 Å². The maximum Gasteiger partial charge on any atom is 0.234 e. The van der Waals surface area contributed by atoms with Crippen LogP contribution in [0.5, 0.6) is 0 Å². The van der Waals surface area contributed by atoms with Crippen LogP contribution in [0.3, 0.4) is 0 Å². The van der Waals surface area contributed by atoms with E-state index in [1.54, 1.807) is 0 Å². The molecule has 0 bridgehead atoms. The molecule has 114 valence electrons. The minimum Gasteiger partial charge on any atom is -0.353 e. The Morgan fingerprint density at radius 3 is 2.16 bits per heavy atom. The van der Waals surface area contributed by atoms with Gasteiger partial charge in [-0.2, -0.15) is 0 Å². The van der Waals surface area contributed by atoms with Crippen molar-refractivity contribution >= 4 is 5.91 Å². The first-order chi connectivity index (χ1) is 8.88. The Morgan fingerprint density at radius 2 is 1.68 bits per heavy atom. The minimum atomic E-state index is 0.0987. The van der Waals surface area contributed by atoms with Crippen LogP contribution in [0.15, 0.2) is 0 Å². The van der Waals surface area contributed by atoms with Gasteiger partial charge in [0.15, 0.2) is 0 Å². The molecule has 0 heterocycles. The summed E-state index contributed by atoms with van der Waals surface area (Å²) in [5, 5.41) is 6.22. The average Bonchev–Trinajstić information content (AvgIpc) is 2.27. The molecule has 0 aliphatic carbocycles. The van der Waals surface area contributed by atoms with Crippen LogP contribution in [-0.2, 0) is 4.79 Å². The zero-order valence-electron chi connectivity index (χ0n) is 13.6. The normalized spacial score (nSPS) is 13.3. The molecule has 0 rings (SSSR count). The van der Waals surface area contributed by atoms with Gasteiger partial charge in [-0.3, -0.25) is 9.69 Å². The number of rotatable bonds is 10. The molecule has 1 amide bonds. The van der Waals surface area contributed by atoms with E-state index in [0.717, 1.165) is 25.9 Å². The molecule has 1 atom stereocenters. The van der Waals surface area contributed by atoms with Crippen molar-refractivity contribution in [3.63, 3.8) is 0 Å². The van der Waals surface area contributed by atoms with Crippen molar-refractivity contribution < 1.29 is 4.79 Å². The van der Waals surface area contributed by atoms with Crippen molar-refractivity contribution in [3.8, 4) is 0 Å². The molecule has 19 heavy (non-hydrogen) atoms. The average molecular weight is 271 g/mol. The van der Waals surface area contributed by atoms with Gasteiger partial charge in [-0.05, 0) is 41.0 Å². The van der Waals surface area contributed by atoms with Crippen molar-refractivity contribution in [2.45, 2.75) is 72.5 Å². The summed E-state index contributed by atoms with van der Waals surface area (Å²) in [4.78, 5) is 14.1. The van der Waals surface area contributed by atoms with E-state index in [4.69, 9.17) is 0 Å². The second kappa shape index (κ2) is 10.2. The first kappa shape index (κ1) is 18.4. The maximum atomic E-state index is 11.7. The molecule has 0 aromatic rings. The van der Waals surface area contributed by atoms with E-state index in [1.165, 1.54) is 0 Å². The summed E-state index contributed by atoms with van der Waals surface area (Å²) in [6.07, 6.45) is 2.15. The molecule has 0 fully saturated rings. The molecule has 2 N–H and O–H groups in total. The molecule has 0 saturated carbocycles. The van der Waals surface area contributed by atoms with Crippen molar-refractivity contribution in [2.75, 3.05) is 19.6 Å². The van der Waals surface area contributed by atoms with Crippen LogP contribution in [0.4, 0.5) is 0 Å². The van der Waals surface area contributed by atoms with E-state index >= 15 is 0 Å². The van der Waals surface area contributed by atoms with E-state index in [2.05, 4.69) is 57.1 Å². The van der Waals surface area contributed by atoms with Gasteiger partial charge in [-0.15, -0.1) is 0 Å². The standard InChI is InChI=1S/C15H33N3O/c1-7-8-14(6)17-15(19)11-16-9-10-18(12(2)3)13(4)5/h12-14,16H,7-11H2,1-6H3,(H,17,19). The van der Waals surface area contributed by atoms with Gasteiger partial charge in [-0.1, -0.05) is 13.3 Å². The SMILES string of the molecule is CCCC(C)NC(=O)CNCCN(C(C)C)C(C)C. The lowest BCUT2D eigenvalue weighted by Gasteiger charge is -2.30. The molecule has 0 spiro atoms. The topological polar surface area (TPSA) is 44.4 Å². The number of carbonyl (C=O) groups excluding carboxylic acids is 1. The van der Waals surface area contributed by atoms with Crippen LogP contribution in [0.2, 0.25) is 0 Å². The molecule has 4 heteroatoms. The van der Waals surface area contributed by atoms with Gasteiger partial charge in [0.2, 0.25) is 5.91 Å². The fourth-order valence-electron chi connectivity index (χ4n) is 2.35. The number of carbonyl (C=O) groups is 1. The monoisotopic (exact) mass is 271 g/mol. The third-order valence-corrected chi connectivity index (χ3v) is 3.29. The molecular formula is C15H33N3O. The smallest absolute Gasteiger partial charge is 0.234 e. The summed E-state index contributed by atoms with van der Waals surface area (Å²) in [7, 11) is 0. The van der Waals surface area contributed by atoms with Crippen LogP contribution in [0.1, 0.15) is 54.4 Å². The summed E-state index contributed by atoms with van der Waals surface area (Å²) in [5.41, 5.74) is 0. The van der Waals surface area contributed by atoms with E-state index in [-0.39, 0.29) is 11.9 Å². The van der Waals surface area contributed by atoms with Gasteiger partial charge in [0.1, 0.15) is 0 Å². The Balaban J connectivity index is 3.76. The van der Waals surface area contributed by atoms with Gasteiger partial charge < -0.3 is 10.6 Å². The molecule has 1 unspecified atom stereocenters. The van der Waals surface area contributed by atoms with E-state index < -0.39 is 0 Å². The van der Waals surface area contributed by atoms with Crippen LogP contribution in [-0.4, -0.2) is 48.6 Å². The van der Waals surface area contributed by atoms with Crippen molar-refractivity contribution in [3.05, 3.63) is 0 Å². The highest BCUT2D eigenvalue weighted by atomic mass is 16.1. The second-order valence-electron chi connectivity index (χ2n) is 5.86. The van der Waals surface area contributed by atoms with Gasteiger partial charge in [0.25, 0.3) is 0 Å². The minimum absolute atomic E-state index is 0.0987. The lowest BCUT2D eigenvalue weighted by molar-refractivity contribution is -0.120. The predicted octanol–water partition coefficient (Wildman–Crippen LogP) is 2.00. The predicted molar refractivity (Wildman–Crippen MR) is 82.4 cm³/mol. The van der Waals surface area contributed by atoms with Crippen LogP contribution in [0, 0.1) is 0 Å². The fraction of sp³-hybridized carbons (Fsp3) is 0.933. The van der Waals surface area contributed by atoms with Crippen LogP contribution < -0.4 is 10.6 Å². The zero-order valence-corrected chi connectivity index (χ0v) is 13.6. The molecule has 0 saturated heterocycles. The number of hydrogen-bond acceptors (Lipinski definition) is 3. The maximum absolute atomic E-state index is 11.7. The summed E-state index contributed by atoms with van der Waals surface area (Å²) in [6.45, 7) is 15.3. The summed E-state index contributed by atoms with van der Waals surface area (Å²) >= 11 is 0. The Labute approximate surface area is 119 Å². The Kier molecular flexibility index (Phi) is 9.88. The number of amides is 1. The van der Waals surface area contributed by atoms with Crippen molar-refractivity contribution in [1.82, 2.24) is 15.5 Å². The highest BCUT2D eigenvalue weighted by Crippen LogP contribution is 2.03. The molecule has 0 aliphatic rings. The Hall–Kier alpha value is -0.610. The Bertz CT molecular complexity index is 234. The van der Waals surface area contributed by atoms with Gasteiger partial charge in [-0.25, -0.2) is 0 Å². The third kappa shape index (κ3) is 9.00. The van der Waals surface area contributed by atoms with Crippen molar-refractivity contribution in [1.29, 1.82) is 0 Å². The Morgan fingerprint density at radius 1 is 1.11 bits per heavy atom. The molecule has 0 aromatic carbocycles. The molecule has 0 radical (unpaired) electrons. The molecular weight excluding hydrogens is 238 g/mol. The van der Waals surface area contributed by atoms with Crippen LogP contribution in [0.25, 0.3) is 0 Å². The second-order valence-corrected chi connectivity index (χ2v) is 5.86. The highest BCUT2D eigenvalue weighted by Gasteiger charge is 2.12. The van der Waals surface area contributed by atoms with Crippen molar-refractivity contribution in [2.24, 2.45) is 0 Å². The summed E-state index contributed by atoms with van der Waals surface area (Å²) < 4.78 is 0. The highest BCUT2D eigenvalue weighted by molar-refractivity contribution is 5.78. The van der Waals surface area contributed by atoms with Gasteiger partial charge >= 0.3 is 0 Å². The first-order valence-corrected chi connectivity index (χ1v) is 7.64. The van der Waals surface area contributed by atoms with Gasteiger partial charge in [0.05, 0.1) is 6.54 Å². The fourth-order valence-corrected chi connectivity index (χ4v) is 2.35. The summed E-state index contributed by atoms with van der Waals surface area (Å²) in [5.74, 6) is 0.0987. The lowest BCUT2D eigenvalue weighted by Crippen LogP contribution is -2.44. The molecule has 4 nitrogen and oxygen atoms in total. The van der Waals surface area contributed by atoms with E-state index in [9.17, 15) is 4.79 Å².